The van der Waals surface area contributed by atoms with E-state index in [2.05, 4.69) is 5.10 Å². The van der Waals surface area contributed by atoms with Crippen LogP contribution in [0.4, 0.5) is 4.39 Å². The molecule has 2 aromatic carbocycles. The summed E-state index contributed by atoms with van der Waals surface area (Å²) in [5, 5.41) is 15.0. The van der Waals surface area contributed by atoms with Crippen molar-refractivity contribution in [3.05, 3.63) is 89.0 Å². The summed E-state index contributed by atoms with van der Waals surface area (Å²) < 4.78 is 15.2. The summed E-state index contributed by atoms with van der Waals surface area (Å²) in [7, 11) is 0. The van der Waals surface area contributed by atoms with Crippen LogP contribution in [0.1, 0.15) is 53.7 Å². The highest BCUT2D eigenvalue weighted by molar-refractivity contribution is 5.95. The number of hydrogen-bond acceptors (Lipinski definition) is 3. The number of benzene rings is 2. The summed E-state index contributed by atoms with van der Waals surface area (Å²) >= 11 is 0. The number of carboxylic acid groups (broad SMARTS) is 1. The Morgan fingerprint density at radius 2 is 1.77 bits per heavy atom. The van der Waals surface area contributed by atoms with Crippen molar-refractivity contribution in [2.45, 2.75) is 50.6 Å². The van der Waals surface area contributed by atoms with Crippen LogP contribution in [0.25, 0.3) is 11.8 Å². The monoisotopic (exact) mass is 471 g/mol. The van der Waals surface area contributed by atoms with Gasteiger partial charge < -0.3 is 10.0 Å². The van der Waals surface area contributed by atoms with Gasteiger partial charge in [0.15, 0.2) is 0 Å². The highest BCUT2D eigenvalue weighted by atomic mass is 19.1. The van der Waals surface area contributed by atoms with Crippen LogP contribution >= 0.6 is 0 Å². The molecule has 2 atom stereocenters. The molecule has 0 radical (unpaired) electrons. The second-order valence-electron chi connectivity index (χ2n) is 9.88. The van der Waals surface area contributed by atoms with Crippen molar-refractivity contribution in [1.29, 1.82) is 0 Å². The van der Waals surface area contributed by atoms with Gasteiger partial charge in [-0.25, -0.2) is 9.07 Å². The van der Waals surface area contributed by atoms with E-state index in [1.165, 1.54) is 12.1 Å². The maximum absolute atomic E-state index is 13.5. The fourth-order valence-corrected chi connectivity index (χ4v) is 5.80. The molecular weight excluding hydrogens is 445 g/mol. The average molecular weight is 472 g/mol. The molecule has 1 N–H and O–H groups in total. The number of halogens is 1. The summed E-state index contributed by atoms with van der Waals surface area (Å²) in [6.45, 7) is 0. The number of aliphatic carboxylic acids is 1. The predicted octanol–water partition coefficient (Wildman–Crippen LogP) is 4.88. The number of aromatic nitrogens is 2. The Morgan fingerprint density at radius 3 is 2.46 bits per heavy atom. The Bertz CT molecular complexity index is 1330. The van der Waals surface area contributed by atoms with Gasteiger partial charge >= 0.3 is 5.97 Å². The summed E-state index contributed by atoms with van der Waals surface area (Å²) in [5.41, 5.74) is 2.90. The largest absolute Gasteiger partial charge is 0.481 e. The number of carboxylic acids is 1. The van der Waals surface area contributed by atoms with E-state index in [4.69, 9.17) is 0 Å². The number of hydrogen-bond donors (Lipinski definition) is 1. The van der Waals surface area contributed by atoms with E-state index in [1.807, 2.05) is 41.3 Å². The number of fused-ring (bicyclic) bond motifs is 2. The van der Waals surface area contributed by atoms with Gasteiger partial charge in [0, 0.05) is 17.6 Å². The molecule has 1 heterocycles. The van der Waals surface area contributed by atoms with Crippen molar-refractivity contribution >= 4 is 18.0 Å². The lowest BCUT2D eigenvalue weighted by Crippen LogP contribution is -2.51. The second-order valence-corrected chi connectivity index (χ2v) is 9.88. The molecule has 178 valence electrons. The minimum Gasteiger partial charge on any atom is -0.481 e. The van der Waals surface area contributed by atoms with E-state index in [9.17, 15) is 19.1 Å². The van der Waals surface area contributed by atoms with Crippen molar-refractivity contribution in [3.8, 4) is 5.69 Å². The van der Waals surface area contributed by atoms with E-state index in [1.54, 1.807) is 23.0 Å². The zero-order chi connectivity index (χ0) is 24.2. The molecule has 3 aliphatic rings. The molecule has 0 saturated heterocycles. The lowest BCUT2D eigenvalue weighted by atomic mass is 9.62. The average Bonchev–Trinajstić information content (AvgIpc) is 3.62. The third-order valence-corrected chi connectivity index (χ3v) is 7.70. The molecule has 1 amide bonds. The molecule has 3 aromatic rings. The van der Waals surface area contributed by atoms with E-state index in [0.717, 1.165) is 41.8 Å². The summed E-state index contributed by atoms with van der Waals surface area (Å²) in [4.78, 5) is 28.2. The van der Waals surface area contributed by atoms with Gasteiger partial charge in [-0.05, 0) is 86.6 Å². The van der Waals surface area contributed by atoms with E-state index in [-0.39, 0.29) is 23.8 Å². The van der Waals surface area contributed by atoms with Crippen molar-refractivity contribution < 1.29 is 19.1 Å². The van der Waals surface area contributed by atoms with Crippen LogP contribution in [0.3, 0.4) is 0 Å². The number of carbonyl (C=O) groups is 2. The van der Waals surface area contributed by atoms with Gasteiger partial charge in [0.1, 0.15) is 5.82 Å². The predicted molar refractivity (Wildman–Crippen MR) is 129 cm³/mol. The Labute approximate surface area is 202 Å². The number of nitrogens with zero attached hydrogens (tertiary/aromatic N) is 3. The first-order chi connectivity index (χ1) is 17.0. The first-order valence-corrected chi connectivity index (χ1v) is 12.1. The van der Waals surface area contributed by atoms with Crippen molar-refractivity contribution in [2.75, 3.05) is 0 Å². The molecule has 6 nitrogen and oxygen atoms in total. The summed E-state index contributed by atoms with van der Waals surface area (Å²) in [5.74, 6) is -1.18. The minimum absolute atomic E-state index is 0.00769. The fraction of sp³-hybridized carbons (Fsp3) is 0.321. The third-order valence-electron chi connectivity index (χ3n) is 7.70. The minimum atomic E-state index is -1.06. The molecule has 35 heavy (non-hydrogen) atoms. The van der Waals surface area contributed by atoms with Crippen LogP contribution in [0, 0.1) is 11.2 Å². The molecule has 7 heteroatoms. The highest BCUT2D eigenvalue weighted by Crippen LogP contribution is 2.50. The van der Waals surface area contributed by atoms with Crippen LogP contribution in [0.15, 0.2) is 66.4 Å². The molecule has 0 spiro atoms. The quantitative estimate of drug-likeness (QED) is 0.576. The number of amides is 1. The molecule has 2 fully saturated rings. The number of rotatable bonds is 5. The topological polar surface area (TPSA) is 75.4 Å². The zero-order valence-electron chi connectivity index (χ0n) is 19.2. The maximum Gasteiger partial charge on any atom is 0.314 e. The number of carbonyl (C=O) groups excluding carboxylic acids is 1. The van der Waals surface area contributed by atoms with Crippen LogP contribution in [-0.2, 0) is 11.2 Å². The molecule has 6 rings (SSSR count). The van der Waals surface area contributed by atoms with E-state index < -0.39 is 11.4 Å². The zero-order valence-corrected chi connectivity index (χ0v) is 19.2. The van der Waals surface area contributed by atoms with Crippen LogP contribution in [0.2, 0.25) is 0 Å². The smallest absolute Gasteiger partial charge is 0.314 e. The third kappa shape index (κ3) is 3.66. The van der Waals surface area contributed by atoms with Crippen LogP contribution < -0.4 is 0 Å². The standard InChI is InChI=1S/C28H26FN3O3/c29-21-7-10-23(11-8-21)32-25-14-20-6-9-24(16-28(20,27(34)35)15-19(25)17-30-32)31(22-12-13-22)26(33)18-4-2-1-3-5-18/h1-5,7-8,10-11,14,17,22,24H,6,9,12-13,15-16H2,(H,34,35)/t24-,28-/m0/s1. The molecule has 2 saturated carbocycles. The lowest BCUT2D eigenvalue weighted by molar-refractivity contribution is -0.148. The SMILES string of the molecule is O=C(c1ccccc1)N(C1CC1)[C@H]1CCC2=Cc3c(cnn3-c3ccc(F)cc3)C[C@]2(C(=O)O)C1. The van der Waals surface area contributed by atoms with Crippen LogP contribution in [-0.4, -0.2) is 43.7 Å². The van der Waals surface area contributed by atoms with E-state index >= 15 is 0 Å². The second kappa shape index (κ2) is 8.18. The molecule has 0 aliphatic heterocycles. The Balaban J connectivity index is 1.34. The fourth-order valence-electron chi connectivity index (χ4n) is 5.80. The van der Waals surface area contributed by atoms with Gasteiger partial charge in [0.2, 0.25) is 0 Å². The van der Waals surface area contributed by atoms with Gasteiger partial charge in [-0.15, -0.1) is 0 Å². The van der Waals surface area contributed by atoms with Crippen molar-refractivity contribution in [1.82, 2.24) is 14.7 Å². The first-order valence-electron chi connectivity index (χ1n) is 12.1. The van der Waals surface area contributed by atoms with Crippen molar-refractivity contribution in [2.24, 2.45) is 5.41 Å². The molecule has 0 bridgehead atoms. The molecule has 0 unspecified atom stereocenters. The van der Waals surface area contributed by atoms with Gasteiger partial charge in [0.25, 0.3) is 5.91 Å². The van der Waals surface area contributed by atoms with Gasteiger partial charge in [-0.2, -0.15) is 5.10 Å². The Kier molecular flexibility index (Phi) is 5.09. The summed E-state index contributed by atoms with van der Waals surface area (Å²) in [6, 6.07) is 15.4. The summed E-state index contributed by atoms with van der Waals surface area (Å²) in [6.07, 6.45) is 7.67. The first kappa shape index (κ1) is 21.8. The molecule has 3 aliphatic carbocycles. The van der Waals surface area contributed by atoms with Gasteiger partial charge in [-0.3, -0.25) is 9.59 Å². The maximum atomic E-state index is 13.5. The normalized spacial score (nSPS) is 23.1. The molecular formula is C28H26FN3O3. The van der Waals surface area contributed by atoms with Crippen molar-refractivity contribution in [3.63, 3.8) is 0 Å². The van der Waals surface area contributed by atoms with E-state index in [0.29, 0.717) is 24.8 Å². The Morgan fingerprint density at radius 1 is 1.03 bits per heavy atom. The van der Waals surface area contributed by atoms with Gasteiger partial charge in [0.05, 0.1) is 23.0 Å². The van der Waals surface area contributed by atoms with Gasteiger partial charge in [-0.1, -0.05) is 23.8 Å². The van der Waals surface area contributed by atoms with Crippen LogP contribution in [0.5, 0.6) is 0 Å². The Hall–Kier alpha value is -3.74. The molecule has 1 aromatic heterocycles. The highest BCUT2D eigenvalue weighted by Gasteiger charge is 2.52. The lowest BCUT2D eigenvalue weighted by Gasteiger charge is -2.45.